The van der Waals surface area contributed by atoms with Crippen LogP contribution in [0.5, 0.6) is 0 Å². The maximum Gasteiger partial charge on any atom is 1.04 e. The lowest BCUT2D eigenvalue weighted by molar-refractivity contribution is 0.318. The van der Waals surface area contributed by atoms with Gasteiger partial charge in [-0.1, -0.05) is 0 Å². The van der Waals surface area contributed by atoms with E-state index in [1.54, 1.807) is 6.92 Å². The zero-order chi connectivity index (χ0) is 6.28. The molecular formula is C2H6AlF3O. The summed E-state index contributed by atoms with van der Waals surface area (Å²) in [6.45, 7) is 1.93. The zero-order valence-electron chi connectivity index (χ0n) is 3.87. The molecule has 0 spiro atoms. The number of rotatable bonds is 0. The third kappa shape index (κ3) is 1440. The van der Waals surface area contributed by atoms with Crippen molar-refractivity contribution in [2.24, 2.45) is 0 Å². The van der Waals surface area contributed by atoms with E-state index in [1.165, 1.54) is 0 Å². The number of hydrogen-bond acceptors (Lipinski definition) is 1. The summed E-state index contributed by atoms with van der Waals surface area (Å²) in [5.74, 6) is 0. The van der Waals surface area contributed by atoms with Crippen molar-refractivity contribution in [1.29, 1.82) is 0 Å². The van der Waals surface area contributed by atoms with Gasteiger partial charge in [0.1, 0.15) is 0 Å². The second-order valence-corrected chi connectivity index (χ2v) is 1.06. The predicted octanol–water partition coefficient (Wildman–Crippen LogP) is 0.878. The maximum absolute atomic E-state index is 9.81. The quantitative estimate of drug-likeness (QED) is 0.482. The second-order valence-electron chi connectivity index (χ2n) is 0.564. The first-order valence-corrected chi connectivity index (χ1v) is 2.99. The van der Waals surface area contributed by atoms with E-state index >= 15 is 0 Å². The van der Waals surface area contributed by atoms with Gasteiger partial charge in [0.05, 0.1) is 0 Å². The third-order valence-corrected chi connectivity index (χ3v) is 0. The minimum Gasteiger partial charge on any atom is -0.397 e. The van der Waals surface area contributed by atoms with Crippen molar-refractivity contribution < 1.29 is 15.7 Å². The van der Waals surface area contributed by atoms with Gasteiger partial charge in [-0.25, -0.2) is 0 Å². The van der Waals surface area contributed by atoms with Crippen molar-refractivity contribution in [2.75, 3.05) is 6.61 Å². The number of halogens is 3. The van der Waals surface area contributed by atoms with Crippen molar-refractivity contribution in [2.45, 2.75) is 6.92 Å². The van der Waals surface area contributed by atoms with Crippen LogP contribution in [-0.4, -0.2) is 27.2 Å². The van der Waals surface area contributed by atoms with E-state index in [-0.39, 0.29) is 6.61 Å². The fourth-order valence-corrected chi connectivity index (χ4v) is 0. The summed E-state index contributed by atoms with van der Waals surface area (Å²) in [4.78, 5) is 0. The molecule has 0 rings (SSSR count). The molecule has 44 valence electrons. The van der Waals surface area contributed by atoms with E-state index in [1.807, 2.05) is 0 Å². The molecule has 0 aliphatic heterocycles. The molecule has 0 saturated carbocycles. The van der Waals surface area contributed by atoms with Crippen LogP contribution in [0.3, 0.4) is 0 Å². The molecule has 0 bridgehead atoms. The summed E-state index contributed by atoms with van der Waals surface area (Å²) >= 11 is -4.64. The van der Waals surface area contributed by atoms with Crippen LogP contribution in [0.4, 0.5) is 10.6 Å². The largest absolute Gasteiger partial charge is 1.04 e. The number of hydrogen-bond donors (Lipinski definition) is 1. The van der Waals surface area contributed by atoms with Gasteiger partial charge in [-0.05, 0) is 6.92 Å². The lowest BCUT2D eigenvalue weighted by Gasteiger charge is -1.52. The van der Waals surface area contributed by atoms with Crippen LogP contribution in [0, 0.1) is 0 Å². The van der Waals surface area contributed by atoms with Crippen LogP contribution in [0.2, 0.25) is 0 Å². The Bertz CT molecular complexity index is 24.1. The number of aliphatic hydroxyl groups excluding tert-OH is 1. The Morgan fingerprint density at radius 3 is 1.43 bits per heavy atom. The van der Waals surface area contributed by atoms with E-state index in [0.717, 1.165) is 0 Å². The average molecular weight is 130 g/mol. The highest BCUT2D eigenvalue weighted by Gasteiger charge is 2.21. The van der Waals surface area contributed by atoms with Gasteiger partial charge in [0.2, 0.25) is 0 Å². The molecule has 0 aliphatic carbocycles. The van der Waals surface area contributed by atoms with Gasteiger partial charge in [-0.15, -0.1) is 0 Å². The van der Waals surface area contributed by atoms with Crippen LogP contribution < -0.4 is 0 Å². The average Bonchev–Trinajstić information content (AvgIpc) is 1.33. The molecule has 0 aromatic rings. The van der Waals surface area contributed by atoms with Crippen LogP contribution in [0.1, 0.15) is 6.92 Å². The predicted molar refractivity (Wildman–Crippen MR) is 21.8 cm³/mol. The first-order valence-electron chi connectivity index (χ1n) is 1.68. The second kappa shape index (κ2) is 9.56. The molecule has 0 aromatic heterocycles. The Hall–Kier alpha value is 0.282. The van der Waals surface area contributed by atoms with Crippen LogP contribution in [0.25, 0.3) is 0 Å². The molecule has 0 atom stereocenters. The summed E-state index contributed by atoms with van der Waals surface area (Å²) in [7, 11) is 0. The molecule has 0 radical (unpaired) electrons. The first kappa shape index (κ1) is 10.3. The SMILES string of the molecule is CCO.[F][Al]([F])[F]. The van der Waals surface area contributed by atoms with E-state index in [0.29, 0.717) is 0 Å². The maximum atomic E-state index is 9.81. The smallest absolute Gasteiger partial charge is 0.397 e. The summed E-state index contributed by atoms with van der Waals surface area (Å²) in [5.41, 5.74) is 0. The normalized spacial score (nSPS) is 6.43. The Balaban J connectivity index is 0. The fourth-order valence-electron chi connectivity index (χ4n) is 0. The summed E-state index contributed by atoms with van der Waals surface area (Å²) < 4.78 is 29.4. The summed E-state index contributed by atoms with van der Waals surface area (Å²) in [6.07, 6.45) is 0. The highest BCUT2D eigenvalue weighted by molar-refractivity contribution is 6.33. The van der Waals surface area contributed by atoms with E-state index < -0.39 is 15.5 Å². The minimum atomic E-state index is -4.64. The van der Waals surface area contributed by atoms with Gasteiger partial charge in [0.25, 0.3) is 0 Å². The molecule has 0 aliphatic rings. The Kier molecular flexibility index (Phi) is 14.1. The number of aliphatic hydroxyl groups is 1. The van der Waals surface area contributed by atoms with Crippen LogP contribution in [0.15, 0.2) is 0 Å². The van der Waals surface area contributed by atoms with Gasteiger partial charge < -0.3 is 15.7 Å². The van der Waals surface area contributed by atoms with Gasteiger partial charge in [0, 0.05) is 6.61 Å². The third-order valence-electron chi connectivity index (χ3n) is 0. The Morgan fingerprint density at radius 1 is 1.43 bits per heavy atom. The van der Waals surface area contributed by atoms with E-state index in [2.05, 4.69) is 0 Å². The molecule has 0 fully saturated rings. The molecule has 7 heavy (non-hydrogen) atoms. The highest BCUT2D eigenvalue weighted by atomic mass is 27.3. The fraction of sp³-hybridized carbons (Fsp3) is 1.00. The standard InChI is InChI=1S/C2H6O.Al.3FH/c1-2-3;;;;/h3H,2H2,1H3;;3*1H/q;+3;;;/p-3. The molecule has 5 heteroatoms. The van der Waals surface area contributed by atoms with Crippen LogP contribution >= 0.6 is 0 Å². The van der Waals surface area contributed by atoms with E-state index in [4.69, 9.17) is 5.11 Å². The molecule has 0 amide bonds. The van der Waals surface area contributed by atoms with E-state index in [9.17, 15) is 10.6 Å². The Morgan fingerprint density at radius 2 is 1.43 bits per heavy atom. The van der Waals surface area contributed by atoms with Crippen molar-refractivity contribution in [1.82, 2.24) is 0 Å². The van der Waals surface area contributed by atoms with Crippen molar-refractivity contribution in [3.63, 3.8) is 0 Å². The first-order chi connectivity index (χ1) is 3.15. The van der Waals surface area contributed by atoms with Gasteiger partial charge in [-0.2, -0.15) is 0 Å². The summed E-state index contributed by atoms with van der Waals surface area (Å²) in [6, 6.07) is 0. The summed E-state index contributed by atoms with van der Waals surface area (Å²) in [5, 5.41) is 7.57. The highest BCUT2D eigenvalue weighted by Crippen LogP contribution is 1.80. The monoisotopic (exact) mass is 130 g/mol. The van der Waals surface area contributed by atoms with Crippen molar-refractivity contribution >= 4 is 15.5 Å². The van der Waals surface area contributed by atoms with Crippen molar-refractivity contribution in [3.8, 4) is 0 Å². The lowest BCUT2D eigenvalue weighted by Crippen LogP contribution is -1.76. The van der Waals surface area contributed by atoms with Gasteiger partial charge >= 0.3 is 15.5 Å². The molecule has 0 heterocycles. The lowest BCUT2D eigenvalue weighted by atomic mass is 10.9. The van der Waals surface area contributed by atoms with Gasteiger partial charge in [0.15, 0.2) is 0 Å². The molecular weight excluding hydrogens is 124 g/mol. The molecule has 0 aromatic carbocycles. The zero-order valence-corrected chi connectivity index (χ0v) is 5.02. The van der Waals surface area contributed by atoms with Crippen LogP contribution in [-0.2, 0) is 0 Å². The van der Waals surface area contributed by atoms with Gasteiger partial charge in [-0.3, -0.25) is 0 Å². The molecule has 1 nitrogen and oxygen atoms in total. The molecule has 1 N–H and O–H groups in total. The Labute approximate surface area is 45.6 Å². The topological polar surface area (TPSA) is 20.2 Å². The van der Waals surface area contributed by atoms with Crippen molar-refractivity contribution in [3.05, 3.63) is 0 Å². The molecule has 0 unspecified atom stereocenters. The molecule has 0 saturated heterocycles. The minimum absolute atomic E-state index is 0.250.